The summed E-state index contributed by atoms with van der Waals surface area (Å²) in [5.74, 6) is 0. The monoisotopic (exact) mass is 1010 g/mol. The summed E-state index contributed by atoms with van der Waals surface area (Å²) >= 11 is 0. The minimum absolute atomic E-state index is 0. The van der Waals surface area contributed by atoms with E-state index in [1.54, 1.807) is 0 Å². The van der Waals surface area contributed by atoms with Crippen molar-refractivity contribution in [2.75, 3.05) is 0 Å². The van der Waals surface area contributed by atoms with Gasteiger partial charge in [-0.05, 0) is 112 Å². The van der Waals surface area contributed by atoms with Gasteiger partial charge in [-0.25, -0.2) is 0 Å². The summed E-state index contributed by atoms with van der Waals surface area (Å²) in [6, 6.07) is 62.7. The molecule has 0 aliphatic carbocycles. The van der Waals surface area contributed by atoms with Gasteiger partial charge in [0.15, 0.2) is 0 Å². The fraction of sp³-hybridized carbons (Fsp3) is 0.186. The molecule has 10 rings (SSSR count). The van der Waals surface area contributed by atoms with E-state index in [4.69, 9.17) is 0 Å². The van der Waals surface area contributed by atoms with Crippen LogP contribution in [0, 0.1) is 23.5 Å². The number of hydrogen-bond acceptors (Lipinski definition) is 4. The molecule has 5 heteroatoms. The van der Waals surface area contributed by atoms with Crippen LogP contribution in [0.1, 0.15) is 60.8 Å². The molecule has 0 aliphatic rings. The molecule has 4 nitrogen and oxygen atoms in total. The van der Waals surface area contributed by atoms with Crippen LogP contribution in [0.5, 0.6) is 0 Å². The summed E-state index contributed by atoms with van der Waals surface area (Å²) in [6.45, 7) is 13.9. The normalized spacial score (nSPS) is 11.3. The van der Waals surface area contributed by atoms with E-state index >= 15 is 0 Å². The Morgan fingerprint density at radius 3 is 0.812 bits per heavy atom. The fourth-order valence-electron chi connectivity index (χ4n) is 8.15. The van der Waals surface area contributed by atoms with E-state index in [1.165, 1.54) is 62.4 Å². The average molecular weight is 1010 g/mol. The molecule has 0 radical (unpaired) electrons. The van der Waals surface area contributed by atoms with Crippen molar-refractivity contribution in [3.8, 4) is 45.0 Å². The smallest absolute Gasteiger partial charge is 0.366 e. The van der Waals surface area contributed by atoms with Crippen LogP contribution in [-0.4, -0.2) is 19.9 Å². The Bertz CT molecular complexity index is 2720. The van der Waals surface area contributed by atoms with E-state index in [0.717, 1.165) is 45.0 Å². The van der Waals surface area contributed by atoms with Gasteiger partial charge in [-0.1, -0.05) is 218 Å². The molecule has 10 aromatic rings. The van der Waals surface area contributed by atoms with Crippen LogP contribution in [0.4, 0.5) is 0 Å². The van der Waals surface area contributed by atoms with E-state index in [1.807, 2.05) is 0 Å². The van der Waals surface area contributed by atoms with Crippen LogP contribution < -0.4 is 0 Å². The zero-order valence-electron chi connectivity index (χ0n) is 37.6. The second-order valence-corrected chi connectivity index (χ2v) is 18.6. The van der Waals surface area contributed by atoms with Crippen molar-refractivity contribution in [1.82, 2.24) is 19.9 Å². The van der Waals surface area contributed by atoms with Crippen LogP contribution in [0.2, 0.25) is 0 Å². The molecular weight excluding hydrogens is 957 g/mol. The summed E-state index contributed by atoms with van der Waals surface area (Å²) in [7, 11) is 0. The molecule has 0 saturated carbocycles. The zero-order valence-corrected chi connectivity index (χ0v) is 40.0. The number of fused-ring (bicyclic) bond motifs is 4. The summed E-state index contributed by atoms with van der Waals surface area (Å²) in [5, 5.41) is 9.56. The molecule has 64 heavy (non-hydrogen) atoms. The Morgan fingerprint density at radius 1 is 0.328 bits per heavy atom. The number of nitrogens with zero attached hydrogens (tertiary/aromatic N) is 4. The van der Waals surface area contributed by atoms with Gasteiger partial charge in [0.05, 0.1) is 0 Å². The van der Waals surface area contributed by atoms with E-state index in [-0.39, 0.29) is 20.1 Å². The minimum atomic E-state index is 0. The Labute approximate surface area is 392 Å². The zero-order chi connectivity index (χ0) is 43.8. The molecule has 0 spiro atoms. The van der Waals surface area contributed by atoms with E-state index in [9.17, 15) is 0 Å². The Kier molecular flexibility index (Phi) is 14.6. The third kappa shape index (κ3) is 11.2. The molecule has 0 bridgehead atoms. The molecule has 8 aromatic carbocycles. The molecule has 2 heterocycles. The number of aromatic nitrogens is 4. The van der Waals surface area contributed by atoms with Gasteiger partial charge in [0.2, 0.25) is 0 Å². The largest absolute Gasteiger partial charge is 3.00 e. The van der Waals surface area contributed by atoms with E-state index in [0.29, 0.717) is 10.8 Å². The predicted molar refractivity (Wildman–Crippen MR) is 266 cm³/mol. The van der Waals surface area contributed by atoms with Crippen LogP contribution >= 0.6 is 0 Å². The van der Waals surface area contributed by atoms with Gasteiger partial charge in [-0.3, -0.25) is 0 Å². The van der Waals surface area contributed by atoms with Crippen molar-refractivity contribution in [3.05, 3.63) is 195 Å². The van der Waals surface area contributed by atoms with Crippen LogP contribution in [-0.2, 0) is 20.1 Å². The second kappa shape index (κ2) is 20.4. The topological polar surface area (TPSA) is 51.6 Å². The molecule has 0 amide bonds. The van der Waals surface area contributed by atoms with Crippen LogP contribution in [0.3, 0.4) is 0 Å². The first-order chi connectivity index (χ1) is 30.5. The van der Waals surface area contributed by atoms with Gasteiger partial charge in [0.25, 0.3) is 0 Å². The minimum Gasteiger partial charge on any atom is -0.366 e. The molecule has 318 valence electrons. The summed E-state index contributed by atoms with van der Waals surface area (Å²) in [6.07, 6.45) is 9.78. The van der Waals surface area contributed by atoms with Gasteiger partial charge < -0.3 is 19.9 Å². The number of hydrogen-bond donors (Lipinski definition) is 0. The molecular formula is C59H54IrN4+. The molecule has 0 aliphatic heterocycles. The van der Waals surface area contributed by atoms with Crippen molar-refractivity contribution in [3.63, 3.8) is 0 Å². The van der Waals surface area contributed by atoms with Crippen molar-refractivity contribution in [2.45, 2.75) is 60.8 Å². The third-order valence-corrected chi connectivity index (χ3v) is 11.3. The molecule has 0 unspecified atom stereocenters. The Hall–Kier alpha value is -6.39. The Balaban J connectivity index is 0.000000155. The van der Waals surface area contributed by atoms with Gasteiger partial charge in [0, 0.05) is 12.7 Å². The van der Waals surface area contributed by atoms with Crippen LogP contribution in [0.15, 0.2) is 182 Å². The van der Waals surface area contributed by atoms with Gasteiger partial charge in [-0.15, -0.1) is 12.1 Å². The van der Waals surface area contributed by atoms with E-state index in [2.05, 4.69) is 256 Å². The van der Waals surface area contributed by atoms with Crippen molar-refractivity contribution < 1.29 is 20.1 Å². The quantitative estimate of drug-likeness (QED) is 0.156. The maximum absolute atomic E-state index is 4.43. The maximum atomic E-state index is 4.43. The molecule has 2 aromatic heterocycles. The SMILES string of the molecule is CC(C)(C)CCCC(C)(C)C.[Ir+3].[c-]1nc(-c2cccc3ccccc23)cc(-c2cccc3ccccc23)n1.[c-]1nc(-c2cccc3ccccc23)cc(-c2cccc3ccccc23)n1. The van der Waals surface area contributed by atoms with Crippen molar-refractivity contribution in [2.24, 2.45) is 10.8 Å². The number of benzene rings is 8. The maximum Gasteiger partial charge on any atom is 3.00 e. The van der Waals surface area contributed by atoms with Crippen LogP contribution in [0.25, 0.3) is 88.1 Å². The molecule has 0 saturated heterocycles. The first-order valence-corrected chi connectivity index (χ1v) is 21.9. The molecule has 0 fully saturated rings. The fourth-order valence-corrected chi connectivity index (χ4v) is 8.15. The van der Waals surface area contributed by atoms with Crippen molar-refractivity contribution >= 4 is 43.1 Å². The summed E-state index contributed by atoms with van der Waals surface area (Å²) in [4.78, 5) is 17.7. The molecule has 0 N–H and O–H groups in total. The Morgan fingerprint density at radius 2 is 0.562 bits per heavy atom. The standard InChI is InChI=1S/2C24H15N2.C11H24.Ir/c2*1-3-11-19-17(7-1)9-5-13-21(19)23-15-24(26-16-25-23)22-14-6-10-18-8-2-4-12-20(18)22;1-10(2,3)8-7-9-11(4,5)6;/h2*1-15H;7-9H2,1-6H3;/q2*-1;;+3. The van der Waals surface area contributed by atoms with E-state index < -0.39 is 0 Å². The average Bonchev–Trinajstić information content (AvgIpc) is 3.30. The first kappa shape index (κ1) is 45.6. The summed E-state index contributed by atoms with van der Waals surface area (Å²) < 4.78 is 0. The van der Waals surface area contributed by atoms with Gasteiger partial charge in [0.1, 0.15) is 0 Å². The van der Waals surface area contributed by atoms with Crippen molar-refractivity contribution in [1.29, 1.82) is 0 Å². The third-order valence-electron chi connectivity index (χ3n) is 11.3. The molecule has 0 atom stereocenters. The number of rotatable bonds is 6. The summed E-state index contributed by atoms with van der Waals surface area (Å²) in [5.41, 5.74) is 8.99. The van der Waals surface area contributed by atoms with Gasteiger partial charge in [-0.2, -0.15) is 0 Å². The second-order valence-electron chi connectivity index (χ2n) is 18.6. The predicted octanol–water partition coefficient (Wildman–Crippen LogP) is 16.1. The van der Waals surface area contributed by atoms with Gasteiger partial charge >= 0.3 is 20.1 Å². The first-order valence-electron chi connectivity index (χ1n) is 21.9.